The van der Waals surface area contributed by atoms with E-state index in [9.17, 15) is 9.59 Å². The van der Waals surface area contributed by atoms with Crippen LogP contribution in [0.4, 0.5) is 0 Å². The maximum absolute atomic E-state index is 13.5. The molecule has 0 aliphatic carbocycles. The van der Waals surface area contributed by atoms with Crippen LogP contribution >= 0.6 is 0 Å². The van der Waals surface area contributed by atoms with Gasteiger partial charge in [-0.05, 0) is 42.0 Å². The van der Waals surface area contributed by atoms with E-state index in [-0.39, 0.29) is 17.9 Å². The number of rotatable bonds is 7. The first-order valence-corrected chi connectivity index (χ1v) is 11.1. The Labute approximate surface area is 194 Å². The van der Waals surface area contributed by atoms with Gasteiger partial charge in [0.15, 0.2) is 0 Å². The van der Waals surface area contributed by atoms with Crippen LogP contribution in [0.1, 0.15) is 34.8 Å². The zero-order valence-electron chi connectivity index (χ0n) is 18.6. The molecule has 0 aromatic heterocycles. The molecule has 3 aromatic rings. The SMILES string of the molecule is COc1ccc(C(=O)NC(C(=O)N2CCC(Oc3ccccc3)CC2)c2ccccc2)cc1. The van der Waals surface area contributed by atoms with Gasteiger partial charge in [-0.1, -0.05) is 48.5 Å². The lowest BCUT2D eigenvalue weighted by Crippen LogP contribution is -2.47. The summed E-state index contributed by atoms with van der Waals surface area (Å²) in [6.07, 6.45) is 1.56. The third-order valence-corrected chi connectivity index (χ3v) is 5.81. The number of hydrogen-bond donors (Lipinski definition) is 1. The van der Waals surface area contributed by atoms with Crippen LogP contribution < -0.4 is 14.8 Å². The number of methoxy groups -OCH3 is 1. The molecule has 0 bridgehead atoms. The highest BCUT2D eigenvalue weighted by molar-refractivity contribution is 5.98. The number of para-hydroxylation sites is 1. The first-order chi connectivity index (χ1) is 16.1. The fourth-order valence-electron chi connectivity index (χ4n) is 3.96. The van der Waals surface area contributed by atoms with Gasteiger partial charge in [-0.2, -0.15) is 0 Å². The van der Waals surface area contributed by atoms with E-state index in [0.29, 0.717) is 24.4 Å². The largest absolute Gasteiger partial charge is 0.497 e. The number of ether oxygens (including phenoxy) is 2. The van der Waals surface area contributed by atoms with E-state index in [1.807, 2.05) is 65.6 Å². The number of benzene rings is 3. The van der Waals surface area contributed by atoms with Crippen molar-refractivity contribution in [3.8, 4) is 11.5 Å². The number of hydrogen-bond acceptors (Lipinski definition) is 4. The maximum atomic E-state index is 13.5. The standard InChI is InChI=1S/C27H28N2O4/c1-32-22-14-12-21(13-15-22)26(30)28-25(20-8-4-2-5-9-20)27(31)29-18-16-24(17-19-29)33-23-10-6-3-7-11-23/h2-15,24-25H,16-19H2,1H3,(H,28,30). The van der Waals surface area contributed by atoms with Crippen molar-refractivity contribution in [3.63, 3.8) is 0 Å². The Hall–Kier alpha value is -3.80. The molecule has 1 atom stereocenters. The first kappa shape index (κ1) is 22.4. The van der Waals surface area contributed by atoms with E-state index in [0.717, 1.165) is 24.2 Å². The summed E-state index contributed by atoms with van der Waals surface area (Å²) in [6.45, 7) is 1.16. The Balaban J connectivity index is 1.43. The zero-order chi connectivity index (χ0) is 23.0. The second-order valence-electron chi connectivity index (χ2n) is 8.00. The summed E-state index contributed by atoms with van der Waals surface area (Å²) < 4.78 is 11.2. The molecule has 4 rings (SSSR count). The van der Waals surface area contributed by atoms with E-state index in [4.69, 9.17) is 9.47 Å². The predicted molar refractivity (Wildman–Crippen MR) is 126 cm³/mol. The minimum absolute atomic E-state index is 0.0699. The Morgan fingerprint density at radius 2 is 1.45 bits per heavy atom. The molecule has 170 valence electrons. The van der Waals surface area contributed by atoms with Gasteiger partial charge in [0.25, 0.3) is 5.91 Å². The Morgan fingerprint density at radius 3 is 2.06 bits per heavy atom. The van der Waals surface area contributed by atoms with Crippen LogP contribution in [0, 0.1) is 0 Å². The molecule has 0 saturated carbocycles. The lowest BCUT2D eigenvalue weighted by atomic mass is 10.0. The van der Waals surface area contributed by atoms with E-state index >= 15 is 0 Å². The van der Waals surface area contributed by atoms with Gasteiger partial charge in [0.1, 0.15) is 23.6 Å². The molecule has 1 N–H and O–H groups in total. The molecule has 6 nitrogen and oxygen atoms in total. The van der Waals surface area contributed by atoms with Crippen LogP contribution in [-0.4, -0.2) is 43.0 Å². The molecule has 1 aliphatic heterocycles. The van der Waals surface area contributed by atoms with Gasteiger partial charge in [0.05, 0.1) is 7.11 Å². The molecule has 1 unspecified atom stereocenters. The van der Waals surface area contributed by atoms with Crippen molar-refractivity contribution in [2.75, 3.05) is 20.2 Å². The zero-order valence-corrected chi connectivity index (χ0v) is 18.6. The van der Waals surface area contributed by atoms with E-state index in [2.05, 4.69) is 5.32 Å². The highest BCUT2D eigenvalue weighted by Crippen LogP contribution is 2.23. The monoisotopic (exact) mass is 444 g/mol. The highest BCUT2D eigenvalue weighted by atomic mass is 16.5. The molecule has 33 heavy (non-hydrogen) atoms. The van der Waals surface area contributed by atoms with Crippen molar-refractivity contribution in [3.05, 3.63) is 96.1 Å². The number of amides is 2. The Kier molecular flexibility index (Phi) is 7.25. The molecule has 1 saturated heterocycles. The average Bonchev–Trinajstić information content (AvgIpc) is 2.88. The minimum atomic E-state index is -0.757. The summed E-state index contributed by atoms with van der Waals surface area (Å²) in [5, 5.41) is 2.93. The van der Waals surface area contributed by atoms with Gasteiger partial charge >= 0.3 is 0 Å². The van der Waals surface area contributed by atoms with Crippen LogP contribution in [0.15, 0.2) is 84.9 Å². The lowest BCUT2D eigenvalue weighted by Gasteiger charge is -2.34. The van der Waals surface area contributed by atoms with Gasteiger partial charge in [0, 0.05) is 31.5 Å². The highest BCUT2D eigenvalue weighted by Gasteiger charge is 2.31. The summed E-state index contributed by atoms with van der Waals surface area (Å²) in [6, 6.07) is 25.2. The van der Waals surface area contributed by atoms with Crippen molar-refractivity contribution in [1.29, 1.82) is 0 Å². The number of carbonyl (C=O) groups is 2. The van der Waals surface area contributed by atoms with Crippen molar-refractivity contribution in [2.45, 2.75) is 25.0 Å². The van der Waals surface area contributed by atoms with Crippen molar-refractivity contribution >= 4 is 11.8 Å². The number of piperidine rings is 1. The second-order valence-corrected chi connectivity index (χ2v) is 8.00. The Bertz CT molecular complexity index is 1050. The van der Waals surface area contributed by atoms with Gasteiger partial charge in [-0.25, -0.2) is 0 Å². The van der Waals surface area contributed by atoms with Crippen molar-refractivity contribution < 1.29 is 19.1 Å². The number of nitrogens with one attached hydrogen (secondary N) is 1. The molecule has 0 radical (unpaired) electrons. The Morgan fingerprint density at radius 1 is 0.848 bits per heavy atom. The fourth-order valence-corrected chi connectivity index (χ4v) is 3.96. The average molecular weight is 445 g/mol. The fraction of sp³-hybridized carbons (Fsp3) is 0.259. The van der Waals surface area contributed by atoms with Gasteiger partial charge in [-0.3, -0.25) is 9.59 Å². The molecule has 2 amide bonds. The van der Waals surface area contributed by atoms with E-state index in [1.54, 1.807) is 31.4 Å². The summed E-state index contributed by atoms with van der Waals surface area (Å²) in [5.41, 5.74) is 1.23. The molecular weight excluding hydrogens is 416 g/mol. The quantitative estimate of drug-likeness (QED) is 0.592. The molecule has 1 aliphatic rings. The van der Waals surface area contributed by atoms with Crippen molar-refractivity contribution in [2.24, 2.45) is 0 Å². The van der Waals surface area contributed by atoms with Gasteiger partial charge in [0.2, 0.25) is 5.91 Å². The van der Waals surface area contributed by atoms with Crippen LogP contribution in [0.25, 0.3) is 0 Å². The smallest absolute Gasteiger partial charge is 0.252 e. The molecule has 3 aromatic carbocycles. The predicted octanol–water partition coefficient (Wildman–Crippen LogP) is 4.24. The third kappa shape index (κ3) is 5.71. The summed E-state index contributed by atoms with van der Waals surface area (Å²) in [7, 11) is 1.58. The van der Waals surface area contributed by atoms with Crippen LogP contribution in [-0.2, 0) is 4.79 Å². The molecule has 0 spiro atoms. The number of nitrogens with zero attached hydrogens (tertiary/aromatic N) is 1. The first-order valence-electron chi connectivity index (χ1n) is 11.1. The number of likely N-dealkylation sites (tertiary alicyclic amines) is 1. The van der Waals surface area contributed by atoms with E-state index < -0.39 is 6.04 Å². The normalized spacial score (nSPS) is 14.9. The van der Waals surface area contributed by atoms with Crippen LogP contribution in [0.2, 0.25) is 0 Å². The maximum Gasteiger partial charge on any atom is 0.252 e. The summed E-state index contributed by atoms with van der Waals surface area (Å²) in [5.74, 6) is 1.10. The molecule has 1 fully saturated rings. The van der Waals surface area contributed by atoms with Crippen LogP contribution in [0.5, 0.6) is 11.5 Å². The van der Waals surface area contributed by atoms with Gasteiger partial charge in [-0.15, -0.1) is 0 Å². The third-order valence-electron chi connectivity index (χ3n) is 5.81. The summed E-state index contributed by atoms with van der Waals surface area (Å²) >= 11 is 0. The van der Waals surface area contributed by atoms with Gasteiger partial charge < -0.3 is 19.7 Å². The van der Waals surface area contributed by atoms with Crippen molar-refractivity contribution in [1.82, 2.24) is 10.2 Å². The number of carbonyl (C=O) groups excluding carboxylic acids is 2. The molecule has 1 heterocycles. The topological polar surface area (TPSA) is 67.9 Å². The molecular formula is C27H28N2O4. The van der Waals surface area contributed by atoms with E-state index in [1.165, 1.54) is 0 Å². The van der Waals surface area contributed by atoms with Crippen LogP contribution in [0.3, 0.4) is 0 Å². The molecule has 6 heteroatoms. The minimum Gasteiger partial charge on any atom is -0.497 e. The second kappa shape index (κ2) is 10.7. The lowest BCUT2D eigenvalue weighted by molar-refractivity contribution is -0.135. The summed E-state index contributed by atoms with van der Waals surface area (Å²) in [4.78, 5) is 28.2.